The highest BCUT2D eigenvalue weighted by Gasteiger charge is 2.53. The van der Waals surface area contributed by atoms with Crippen LogP contribution < -0.4 is 5.69 Å². The summed E-state index contributed by atoms with van der Waals surface area (Å²) in [6, 6.07) is 0. The second-order valence-corrected chi connectivity index (χ2v) is 6.10. The highest BCUT2D eigenvalue weighted by molar-refractivity contribution is 5.93. The van der Waals surface area contributed by atoms with Crippen molar-refractivity contribution in [1.29, 1.82) is 0 Å². The van der Waals surface area contributed by atoms with Crippen molar-refractivity contribution in [1.82, 2.24) is 14.5 Å². The Hall–Kier alpha value is -2.25. The van der Waals surface area contributed by atoms with Gasteiger partial charge in [-0.2, -0.15) is 13.2 Å². The third-order valence-corrected chi connectivity index (χ3v) is 4.60. The fourth-order valence-corrected chi connectivity index (χ4v) is 3.34. The molecule has 1 aliphatic heterocycles. The molecule has 0 saturated carbocycles. The normalized spacial score (nSPS) is 24.8. The van der Waals surface area contributed by atoms with Gasteiger partial charge in [0.2, 0.25) is 0 Å². The molecule has 130 valence electrons. The number of carbonyl (C=O) groups is 1. The number of rotatable bonds is 3. The molecule has 0 amide bonds. The molecule has 1 aromatic rings. The Morgan fingerprint density at radius 1 is 1.21 bits per heavy atom. The molecule has 24 heavy (non-hydrogen) atoms. The van der Waals surface area contributed by atoms with Crippen LogP contribution in [-0.4, -0.2) is 39.5 Å². The van der Waals surface area contributed by atoms with Crippen molar-refractivity contribution in [2.24, 2.45) is 0 Å². The second-order valence-electron chi connectivity index (χ2n) is 6.10. The molecule has 1 N–H and O–H groups in total. The van der Waals surface area contributed by atoms with Crippen molar-refractivity contribution in [3.8, 4) is 0 Å². The summed E-state index contributed by atoms with van der Waals surface area (Å²) < 4.78 is 40.2. The van der Waals surface area contributed by atoms with Crippen molar-refractivity contribution < 1.29 is 18.0 Å². The molecule has 8 heteroatoms. The number of halogens is 3. The maximum atomic E-state index is 13.1. The van der Waals surface area contributed by atoms with Gasteiger partial charge in [-0.3, -0.25) is 9.36 Å². The van der Waals surface area contributed by atoms with Gasteiger partial charge in [0.15, 0.2) is 0 Å². The Morgan fingerprint density at radius 2 is 1.92 bits per heavy atom. The van der Waals surface area contributed by atoms with Crippen LogP contribution in [0.1, 0.15) is 25.7 Å². The monoisotopic (exact) mass is 341 g/mol. The molecule has 0 aromatic carbocycles. The smallest absolute Gasteiger partial charge is 0.372 e. The fourth-order valence-electron chi connectivity index (χ4n) is 3.34. The van der Waals surface area contributed by atoms with Crippen LogP contribution in [0.25, 0.3) is 0 Å². The number of likely N-dealkylation sites (tertiary alicyclic amines) is 1. The minimum Gasteiger partial charge on any atom is -0.372 e. The van der Waals surface area contributed by atoms with Crippen LogP contribution in [0.4, 0.5) is 13.2 Å². The topological polar surface area (TPSA) is 58.1 Å². The van der Waals surface area contributed by atoms with Crippen LogP contribution >= 0.6 is 0 Å². The quantitative estimate of drug-likeness (QED) is 0.918. The summed E-state index contributed by atoms with van der Waals surface area (Å²) in [6.07, 6.45) is 4.74. The summed E-state index contributed by atoms with van der Waals surface area (Å²) in [7, 11) is 0. The van der Waals surface area contributed by atoms with E-state index in [9.17, 15) is 22.8 Å². The van der Waals surface area contributed by atoms with E-state index in [4.69, 9.17) is 0 Å². The number of aromatic nitrogens is 2. The maximum Gasteiger partial charge on any atom is 0.452 e. The van der Waals surface area contributed by atoms with Gasteiger partial charge < -0.3 is 9.88 Å². The lowest BCUT2D eigenvalue weighted by atomic mass is 9.84. The first kappa shape index (κ1) is 16.6. The zero-order valence-electron chi connectivity index (χ0n) is 13.0. The number of hydrogen-bond acceptors (Lipinski definition) is 3. The first-order valence-electron chi connectivity index (χ1n) is 7.87. The number of ketones is 1. The third kappa shape index (κ3) is 2.81. The van der Waals surface area contributed by atoms with Crippen LogP contribution in [0, 0.1) is 0 Å². The van der Waals surface area contributed by atoms with Crippen molar-refractivity contribution in [2.45, 2.75) is 37.4 Å². The molecule has 1 aromatic heterocycles. The number of carbonyl (C=O) groups excluding carboxylic acids is 1. The average molecular weight is 341 g/mol. The number of allylic oxidation sites excluding steroid dienone is 3. The van der Waals surface area contributed by atoms with Crippen molar-refractivity contribution in [2.75, 3.05) is 13.1 Å². The predicted octanol–water partition coefficient (Wildman–Crippen LogP) is 2.33. The van der Waals surface area contributed by atoms with Crippen molar-refractivity contribution >= 4 is 5.78 Å². The molecule has 2 heterocycles. The molecule has 2 aliphatic rings. The van der Waals surface area contributed by atoms with Gasteiger partial charge in [0.1, 0.15) is 5.54 Å². The van der Waals surface area contributed by atoms with Gasteiger partial charge in [-0.1, -0.05) is 6.08 Å². The van der Waals surface area contributed by atoms with Gasteiger partial charge in [0.05, 0.1) is 0 Å². The number of aromatic amines is 1. The van der Waals surface area contributed by atoms with E-state index in [0.717, 1.165) is 42.6 Å². The SMILES string of the molecule is O=C(C(F)(F)F)C1(n2cc[nH]c2=O)C=CC(N2CCCCC2)=CC1. The summed E-state index contributed by atoms with van der Waals surface area (Å²) in [5, 5.41) is 0. The molecule has 0 radical (unpaired) electrons. The van der Waals surface area contributed by atoms with Gasteiger partial charge in [-0.25, -0.2) is 4.79 Å². The molecule has 1 atom stereocenters. The maximum absolute atomic E-state index is 13.1. The Bertz CT molecular complexity index is 738. The van der Waals surface area contributed by atoms with Crippen LogP contribution in [0.15, 0.2) is 41.1 Å². The summed E-state index contributed by atoms with van der Waals surface area (Å²) in [6.45, 7) is 1.70. The number of piperidine rings is 1. The number of nitrogens with zero attached hydrogens (tertiary/aromatic N) is 2. The van der Waals surface area contributed by atoms with E-state index >= 15 is 0 Å². The number of hydrogen-bond donors (Lipinski definition) is 1. The molecular formula is C16H18F3N3O2. The van der Waals surface area contributed by atoms with E-state index in [2.05, 4.69) is 9.88 Å². The number of Topliss-reactive ketones (excluding diaryl/α,β-unsaturated/α-hetero) is 1. The molecule has 1 fully saturated rings. The molecule has 3 rings (SSSR count). The van der Waals surface area contributed by atoms with E-state index in [1.54, 1.807) is 6.08 Å². The lowest BCUT2D eigenvalue weighted by Gasteiger charge is -2.36. The Balaban J connectivity index is 1.96. The van der Waals surface area contributed by atoms with E-state index in [-0.39, 0.29) is 6.42 Å². The number of imidazole rings is 1. The molecule has 1 aliphatic carbocycles. The van der Waals surface area contributed by atoms with Gasteiger partial charge in [0.25, 0.3) is 5.78 Å². The Kier molecular flexibility index (Phi) is 4.15. The van der Waals surface area contributed by atoms with E-state index < -0.39 is 23.2 Å². The third-order valence-electron chi connectivity index (χ3n) is 4.60. The van der Waals surface area contributed by atoms with Crippen molar-refractivity contribution in [3.05, 3.63) is 46.8 Å². The highest BCUT2D eigenvalue weighted by atomic mass is 19.4. The zero-order chi connectivity index (χ0) is 17.4. The van der Waals surface area contributed by atoms with Gasteiger partial charge in [0, 0.05) is 37.6 Å². The van der Waals surface area contributed by atoms with Crippen LogP contribution in [0.3, 0.4) is 0 Å². The zero-order valence-corrected chi connectivity index (χ0v) is 13.0. The Labute approximate surface area is 136 Å². The largest absolute Gasteiger partial charge is 0.452 e. The summed E-state index contributed by atoms with van der Waals surface area (Å²) >= 11 is 0. The van der Waals surface area contributed by atoms with Gasteiger partial charge in [-0.15, -0.1) is 0 Å². The summed E-state index contributed by atoms with van der Waals surface area (Å²) in [5.74, 6) is -1.94. The summed E-state index contributed by atoms with van der Waals surface area (Å²) in [5.41, 5.74) is -2.00. The minimum atomic E-state index is -5.03. The number of H-pyrrole nitrogens is 1. The lowest BCUT2D eigenvalue weighted by molar-refractivity contribution is -0.178. The average Bonchev–Trinajstić information content (AvgIpc) is 3.01. The standard InChI is InChI=1S/C16H18F3N3O2/c17-16(18,19)13(23)15(22-11-8-20-14(22)24)6-4-12(5-7-15)21-9-2-1-3-10-21/h4-6,8,11H,1-3,7,9-10H2,(H,20,24). The molecule has 0 bridgehead atoms. The van der Waals surface area contributed by atoms with Crippen molar-refractivity contribution in [3.63, 3.8) is 0 Å². The number of alkyl halides is 3. The predicted molar refractivity (Wildman–Crippen MR) is 81.4 cm³/mol. The van der Waals surface area contributed by atoms with E-state index in [0.29, 0.717) is 0 Å². The van der Waals surface area contributed by atoms with Crippen LogP contribution in [0.5, 0.6) is 0 Å². The lowest BCUT2D eigenvalue weighted by Crippen LogP contribution is -2.51. The minimum absolute atomic E-state index is 0.203. The van der Waals surface area contributed by atoms with Gasteiger partial charge >= 0.3 is 11.9 Å². The van der Waals surface area contributed by atoms with E-state index in [1.807, 2.05) is 0 Å². The molecular weight excluding hydrogens is 323 g/mol. The summed E-state index contributed by atoms with van der Waals surface area (Å²) in [4.78, 5) is 28.3. The highest BCUT2D eigenvalue weighted by Crippen LogP contribution is 2.36. The first-order chi connectivity index (χ1) is 11.3. The van der Waals surface area contributed by atoms with E-state index in [1.165, 1.54) is 24.5 Å². The molecule has 5 nitrogen and oxygen atoms in total. The fraction of sp³-hybridized carbons (Fsp3) is 0.500. The molecule has 1 unspecified atom stereocenters. The van der Waals surface area contributed by atoms with Crippen LogP contribution in [0.2, 0.25) is 0 Å². The first-order valence-corrected chi connectivity index (χ1v) is 7.87. The van der Waals surface area contributed by atoms with Crippen LogP contribution in [-0.2, 0) is 10.3 Å². The molecule has 0 spiro atoms. The van der Waals surface area contributed by atoms with Gasteiger partial charge in [-0.05, 0) is 31.4 Å². The Morgan fingerprint density at radius 3 is 2.42 bits per heavy atom. The molecule has 1 saturated heterocycles. The number of nitrogens with one attached hydrogen (secondary N) is 1. The second kappa shape index (κ2) is 5.99.